The summed E-state index contributed by atoms with van der Waals surface area (Å²) in [6.07, 6.45) is 0. The molecule has 30 heavy (non-hydrogen) atoms. The predicted octanol–water partition coefficient (Wildman–Crippen LogP) is -1.55. The summed E-state index contributed by atoms with van der Waals surface area (Å²) < 4.78 is 64.1. The summed E-state index contributed by atoms with van der Waals surface area (Å²) in [6, 6.07) is 10.9. The average Bonchev–Trinajstić information content (AvgIpc) is 2.97. The van der Waals surface area contributed by atoms with Crippen molar-refractivity contribution in [3.63, 3.8) is 0 Å². The lowest BCUT2D eigenvalue weighted by Gasteiger charge is -2.17. The second-order valence-corrected chi connectivity index (χ2v) is 10.2. The first-order chi connectivity index (χ1) is 13.8. The van der Waals surface area contributed by atoms with Gasteiger partial charge in [-0.25, -0.2) is 27.1 Å². The van der Waals surface area contributed by atoms with E-state index in [1.54, 1.807) is 18.2 Å². The van der Waals surface area contributed by atoms with Crippen molar-refractivity contribution in [1.82, 2.24) is 10.2 Å². The number of H-pyrrole nitrogens is 1. The van der Waals surface area contributed by atoms with Crippen LogP contribution in [0.3, 0.4) is 0 Å². The third-order valence-corrected chi connectivity index (χ3v) is 6.09. The van der Waals surface area contributed by atoms with E-state index in [-0.39, 0.29) is 10.0 Å². The van der Waals surface area contributed by atoms with Crippen LogP contribution in [0.5, 0.6) is 0 Å². The standard InChI is InChI=1S/C16H16N4O2S3.ClHO4/c1-10-7-11(2)20(12(3)8-10)13-5-4-6-14(9-13)25(21,22)19-15-17-18-16(23)24-15;2-1(3,4)5/h4-9H,1-3H3,(H-,17,18,19,23);(H,2,3,4,5). The molecule has 10 nitrogen and oxygen atoms in total. The summed E-state index contributed by atoms with van der Waals surface area (Å²) >= 11 is 5.99. The summed E-state index contributed by atoms with van der Waals surface area (Å²) in [5.74, 6) is 0. The molecule has 3 rings (SSSR count). The molecule has 0 radical (unpaired) electrons. The van der Waals surface area contributed by atoms with Gasteiger partial charge in [0.05, 0.1) is 4.90 Å². The number of pyridine rings is 1. The summed E-state index contributed by atoms with van der Waals surface area (Å²) in [7, 11) is -8.69. The number of aromatic amines is 1. The van der Waals surface area contributed by atoms with Gasteiger partial charge in [0.1, 0.15) is 0 Å². The Morgan fingerprint density at radius 3 is 2.17 bits per heavy atom. The molecule has 0 aliphatic heterocycles. The van der Waals surface area contributed by atoms with Crippen LogP contribution in [-0.2, 0) is 10.0 Å². The van der Waals surface area contributed by atoms with Crippen LogP contribution >= 0.6 is 23.6 Å². The van der Waals surface area contributed by atoms with Crippen LogP contribution in [0.2, 0.25) is 0 Å². The van der Waals surface area contributed by atoms with Crippen molar-refractivity contribution in [3.05, 3.63) is 57.3 Å². The molecule has 0 aliphatic carbocycles. The van der Waals surface area contributed by atoms with Crippen molar-refractivity contribution in [3.8, 4) is 5.69 Å². The Bertz CT molecular complexity index is 1170. The summed E-state index contributed by atoms with van der Waals surface area (Å²) in [6.45, 7) is 6.03. The molecule has 0 fully saturated rings. The molecule has 14 heteroatoms. The zero-order valence-corrected chi connectivity index (χ0v) is 19.1. The number of halogens is 1. The van der Waals surface area contributed by atoms with Gasteiger partial charge < -0.3 is 0 Å². The normalized spacial score (nSPS) is 11.6. The van der Waals surface area contributed by atoms with Gasteiger partial charge in [-0.05, 0) is 30.8 Å². The number of nitrogens with one attached hydrogen (secondary N) is 2. The van der Waals surface area contributed by atoms with E-state index in [0.717, 1.165) is 34.0 Å². The van der Waals surface area contributed by atoms with Crippen LogP contribution in [0.1, 0.15) is 17.0 Å². The number of aromatic nitrogens is 3. The van der Waals surface area contributed by atoms with E-state index < -0.39 is 20.3 Å². The SMILES string of the molecule is Cc1cc(C)[n+](-c2cccc(S(=O)(=O)Nc3n[nH]c(=S)s3)c2)c(C)c1.[O-][Cl+3]([O-])([O-])[O-]. The van der Waals surface area contributed by atoms with Gasteiger partial charge in [-0.3, -0.25) is 9.82 Å². The van der Waals surface area contributed by atoms with Crippen molar-refractivity contribution < 1.29 is 41.9 Å². The Kier molecular flexibility index (Phi) is 7.65. The van der Waals surface area contributed by atoms with E-state index >= 15 is 0 Å². The number of anilines is 1. The van der Waals surface area contributed by atoms with Crippen molar-refractivity contribution in [2.45, 2.75) is 25.7 Å². The molecular weight excluding hydrogens is 476 g/mol. The fourth-order valence-electron chi connectivity index (χ4n) is 2.75. The number of hydrogen-bond donors (Lipinski definition) is 2. The largest absolute Gasteiger partial charge is 0.263 e. The van der Waals surface area contributed by atoms with Gasteiger partial charge >= 0.3 is 0 Å². The highest BCUT2D eigenvalue weighted by Gasteiger charge is 2.21. The van der Waals surface area contributed by atoms with E-state index in [4.69, 9.17) is 30.9 Å². The molecule has 2 heterocycles. The number of benzene rings is 1. The lowest BCUT2D eigenvalue weighted by Crippen LogP contribution is -2.68. The van der Waals surface area contributed by atoms with Crippen molar-refractivity contribution in [2.24, 2.45) is 0 Å². The Labute approximate surface area is 183 Å². The third-order valence-electron chi connectivity index (χ3n) is 3.62. The highest BCUT2D eigenvalue weighted by Crippen LogP contribution is 2.19. The first-order valence-corrected chi connectivity index (χ1v) is 12.0. The molecule has 0 bridgehead atoms. The first kappa shape index (κ1) is 24.3. The Morgan fingerprint density at radius 2 is 1.67 bits per heavy atom. The maximum absolute atomic E-state index is 12.6. The van der Waals surface area contributed by atoms with Gasteiger partial charge in [-0.2, -0.15) is 4.57 Å². The quantitative estimate of drug-likeness (QED) is 0.325. The molecular formula is C16H17ClN4O6S3. The average molecular weight is 493 g/mol. The van der Waals surface area contributed by atoms with E-state index in [1.165, 1.54) is 0 Å². The van der Waals surface area contributed by atoms with Crippen LogP contribution in [0.15, 0.2) is 41.3 Å². The maximum atomic E-state index is 12.6. The smallest absolute Gasteiger partial charge is 0.256 e. The van der Waals surface area contributed by atoms with Crippen molar-refractivity contribution >= 4 is 38.7 Å². The predicted molar refractivity (Wildman–Crippen MR) is 100 cm³/mol. The monoisotopic (exact) mass is 492 g/mol. The van der Waals surface area contributed by atoms with Crippen LogP contribution in [0, 0.1) is 35.0 Å². The highest BCUT2D eigenvalue weighted by atomic mass is 35.7. The Morgan fingerprint density at radius 1 is 1.10 bits per heavy atom. The number of hydrogen-bond acceptors (Lipinski definition) is 9. The molecule has 0 saturated carbocycles. The van der Waals surface area contributed by atoms with Gasteiger partial charge in [0.2, 0.25) is 10.8 Å². The van der Waals surface area contributed by atoms with Gasteiger partial charge in [0.25, 0.3) is 10.0 Å². The molecule has 0 atom stereocenters. The molecule has 2 aromatic heterocycles. The number of sulfonamides is 1. The molecule has 0 unspecified atom stereocenters. The van der Waals surface area contributed by atoms with Crippen LogP contribution in [0.25, 0.3) is 5.69 Å². The number of rotatable bonds is 4. The van der Waals surface area contributed by atoms with Gasteiger partial charge in [-0.1, -0.05) is 17.4 Å². The van der Waals surface area contributed by atoms with E-state index in [2.05, 4.69) is 27.1 Å². The molecule has 2 N–H and O–H groups in total. The second kappa shape index (κ2) is 9.45. The van der Waals surface area contributed by atoms with Crippen molar-refractivity contribution in [1.29, 1.82) is 0 Å². The van der Waals surface area contributed by atoms with E-state index in [0.29, 0.717) is 3.95 Å². The van der Waals surface area contributed by atoms with Gasteiger partial charge in [0, 0.05) is 38.1 Å². The lowest BCUT2D eigenvalue weighted by atomic mass is 10.2. The molecule has 162 valence electrons. The van der Waals surface area contributed by atoms with Gasteiger partial charge in [0.15, 0.2) is 15.3 Å². The lowest BCUT2D eigenvalue weighted by molar-refractivity contribution is -2.00. The fourth-order valence-corrected chi connectivity index (χ4v) is 4.82. The van der Waals surface area contributed by atoms with Crippen LogP contribution in [0.4, 0.5) is 5.13 Å². The highest BCUT2D eigenvalue weighted by molar-refractivity contribution is 7.93. The summed E-state index contributed by atoms with van der Waals surface area (Å²) in [4.78, 5) is 0.165. The first-order valence-electron chi connectivity index (χ1n) is 8.07. The third kappa shape index (κ3) is 7.07. The fraction of sp³-hybridized carbons (Fsp3) is 0.188. The van der Waals surface area contributed by atoms with Gasteiger partial charge in [-0.15, -0.1) is 15.3 Å². The van der Waals surface area contributed by atoms with Crippen molar-refractivity contribution in [2.75, 3.05) is 4.72 Å². The minimum atomic E-state index is -4.94. The topological polar surface area (TPSA) is 171 Å². The minimum Gasteiger partial charge on any atom is -0.256 e. The number of aryl methyl sites for hydroxylation is 3. The molecule has 0 aliphatic rings. The summed E-state index contributed by atoms with van der Waals surface area (Å²) in [5, 5.41) is 6.60. The van der Waals surface area contributed by atoms with Crippen LogP contribution in [-0.4, -0.2) is 18.6 Å². The molecule has 0 saturated heterocycles. The number of nitrogens with zero attached hydrogens (tertiary/aromatic N) is 2. The Balaban J connectivity index is 0.000000575. The molecule has 0 amide bonds. The molecule has 0 spiro atoms. The van der Waals surface area contributed by atoms with E-state index in [1.807, 2.05) is 31.4 Å². The maximum Gasteiger partial charge on any atom is 0.263 e. The van der Waals surface area contributed by atoms with Crippen LogP contribution < -0.4 is 27.9 Å². The summed E-state index contributed by atoms with van der Waals surface area (Å²) in [5.41, 5.74) is 4.01. The zero-order valence-electron chi connectivity index (χ0n) is 15.9. The molecule has 3 aromatic rings. The second-order valence-electron chi connectivity index (χ2n) is 6.05. The minimum absolute atomic E-state index is 0.165. The molecule has 1 aromatic carbocycles. The Hall–Kier alpha value is -1.97. The van der Waals surface area contributed by atoms with E-state index in [9.17, 15) is 8.42 Å². The zero-order chi connectivity index (χ0) is 22.7.